The number of carbonyl (C=O) groups is 2. The summed E-state index contributed by atoms with van der Waals surface area (Å²) in [5.41, 5.74) is 4.84. The topological polar surface area (TPSA) is 71.3 Å². The molecule has 118 valence electrons. The van der Waals surface area contributed by atoms with Gasteiger partial charge in [0.1, 0.15) is 0 Å². The first-order chi connectivity index (χ1) is 11.0. The molecule has 2 aromatic rings. The summed E-state index contributed by atoms with van der Waals surface area (Å²) < 4.78 is 1.82. The van der Waals surface area contributed by atoms with Gasteiger partial charge in [-0.1, -0.05) is 23.8 Å². The summed E-state index contributed by atoms with van der Waals surface area (Å²) in [5, 5.41) is 8.45. The van der Waals surface area contributed by atoms with Crippen molar-refractivity contribution < 1.29 is 14.8 Å². The predicted octanol–water partition coefficient (Wildman–Crippen LogP) is 2.75. The van der Waals surface area contributed by atoms with Crippen molar-refractivity contribution in [1.29, 1.82) is 0 Å². The van der Waals surface area contributed by atoms with Gasteiger partial charge in [0.2, 0.25) is 0 Å². The number of aromatic nitrogens is 1. The van der Waals surface area contributed by atoms with Crippen molar-refractivity contribution >= 4 is 23.8 Å². The Morgan fingerprint density at radius 2 is 1.96 bits per heavy atom. The Morgan fingerprint density at radius 1 is 1.17 bits per heavy atom. The lowest BCUT2D eigenvalue weighted by molar-refractivity contribution is -0.124. The number of benzene rings is 1. The van der Waals surface area contributed by atoms with E-state index in [9.17, 15) is 9.59 Å². The van der Waals surface area contributed by atoms with Gasteiger partial charge in [-0.15, -0.1) is 0 Å². The summed E-state index contributed by atoms with van der Waals surface area (Å²) in [5.74, 6) is -0.660. The van der Waals surface area contributed by atoms with Crippen molar-refractivity contribution in [2.24, 2.45) is 7.05 Å². The van der Waals surface area contributed by atoms with Gasteiger partial charge in [-0.2, -0.15) is 0 Å². The fraction of sp³-hybridized carbons (Fsp3) is 0.111. The molecule has 0 bridgehead atoms. The lowest BCUT2D eigenvalue weighted by Gasteiger charge is -1.96. The number of aryl methyl sites for hydroxylation is 2. The summed E-state index contributed by atoms with van der Waals surface area (Å²) >= 11 is 0. The lowest BCUT2D eigenvalue weighted by Crippen LogP contribution is -2.14. The molecular weight excluding hydrogens is 292 g/mol. The molecule has 0 aliphatic carbocycles. The Balaban J connectivity index is 2.13. The van der Waals surface area contributed by atoms with Crippen LogP contribution in [0.25, 0.3) is 12.2 Å². The lowest BCUT2D eigenvalue weighted by atomic mass is 10.1. The molecule has 1 aromatic heterocycles. The van der Waals surface area contributed by atoms with Crippen LogP contribution in [0.2, 0.25) is 0 Å². The van der Waals surface area contributed by atoms with Gasteiger partial charge in [0.05, 0.1) is 0 Å². The minimum Gasteiger partial charge on any atom is -0.350 e. The number of hydrogen-bond acceptors (Lipinski definition) is 3. The second-order valence-electron chi connectivity index (χ2n) is 5.19. The molecule has 2 rings (SSSR count). The van der Waals surface area contributed by atoms with Crippen LogP contribution >= 0.6 is 0 Å². The number of nitrogens with zero attached hydrogens (tertiary/aromatic N) is 1. The number of amides is 1. The van der Waals surface area contributed by atoms with Crippen molar-refractivity contribution in [1.82, 2.24) is 10.0 Å². The maximum atomic E-state index is 12.1. The van der Waals surface area contributed by atoms with E-state index in [2.05, 4.69) is 0 Å². The molecule has 1 amide bonds. The Hall–Kier alpha value is -2.92. The maximum Gasteiger partial charge on any atom is 0.267 e. The molecule has 23 heavy (non-hydrogen) atoms. The molecule has 0 saturated carbocycles. The molecule has 5 nitrogen and oxygen atoms in total. The largest absolute Gasteiger partial charge is 0.350 e. The second-order valence-corrected chi connectivity index (χ2v) is 5.19. The Kier molecular flexibility index (Phi) is 5.28. The number of hydrogen-bond donors (Lipinski definition) is 2. The highest BCUT2D eigenvalue weighted by molar-refractivity contribution is 6.06. The quantitative estimate of drug-likeness (QED) is 0.386. The first-order valence-electron chi connectivity index (χ1n) is 7.07. The molecule has 2 N–H and O–H groups in total. The zero-order valence-electron chi connectivity index (χ0n) is 13.0. The van der Waals surface area contributed by atoms with Gasteiger partial charge in [-0.3, -0.25) is 14.8 Å². The Morgan fingerprint density at radius 3 is 2.65 bits per heavy atom. The van der Waals surface area contributed by atoms with E-state index in [1.54, 1.807) is 18.2 Å². The smallest absolute Gasteiger partial charge is 0.267 e. The second kappa shape index (κ2) is 7.38. The van der Waals surface area contributed by atoms with Crippen molar-refractivity contribution in [3.63, 3.8) is 0 Å². The zero-order chi connectivity index (χ0) is 16.8. The van der Waals surface area contributed by atoms with Crippen molar-refractivity contribution in [2.75, 3.05) is 0 Å². The normalized spacial score (nSPS) is 11.3. The highest BCUT2D eigenvalue weighted by Crippen LogP contribution is 2.12. The van der Waals surface area contributed by atoms with E-state index in [1.165, 1.54) is 17.6 Å². The molecule has 0 unspecified atom stereocenters. The third kappa shape index (κ3) is 4.52. The SMILES string of the molecule is Cc1cccc(C(=O)/C=C/c2cc(/C=C/C(=O)NO)n(C)c2)c1. The van der Waals surface area contributed by atoms with Gasteiger partial charge in [-0.25, -0.2) is 5.48 Å². The van der Waals surface area contributed by atoms with Gasteiger partial charge in [0.15, 0.2) is 5.78 Å². The van der Waals surface area contributed by atoms with Gasteiger partial charge < -0.3 is 4.57 Å². The molecule has 1 aromatic carbocycles. The van der Waals surface area contributed by atoms with Gasteiger partial charge >= 0.3 is 0 Å². The first-order valence-corrected chi connectivity index (χ1v) is 7.07. The predicted molar refractivity (Wildman–Crippen MR) is 88.9 cm³/mol. The van der Waals surface area contributed by atoms with Crippen LogP contribution in [0, 0.1) is 6.92 Å². The Bertz CT molecular complexity index is 785. The molecule has 0 aliphatic rings. The molecule has 1 heterocycles. The van der Waals surface area contributed by atoms with Gasteiger partial charge in [0.25, 0.3) is 5.91 Å². The molecule has 0 radical (unpaired) electrons. The van der Waals surface area contributed by atoms with Crippen molar-refractivity contribution in [2.45, 2.75) is 6.92 Å². The van der Waals surface area contributed by atoms with E-state index >= 15 is 0 Å². The van der Waals surface area contributed by atoms with Crippen LogP contribution in [0.15, 0.2) is 48.7 Å². The molecule has 5 heteroatoms. The molecule has 0 spiro atoms. The number of nitrogens with one attached hydrogen (secondary N) is 1. The minimum atomic E-state index is -0.599. The summed E-state index contributed by atoms with van der Waals surface area (Å²) in [7, 11) is 1.83. The first kappa shape index (κ1) is 16.5. The molecule has 0 saturated heterocycles. The standard InChI is InChI=1S/C18H18N2O3/c1-13-4-3-5-15(10-13)17(21)8-6-14-11-16(20(2)12-14)7-9-18(22)19-23/h3-12,23H,1-2H3,(H,19,22)/b8-6+,9-7+. The third-order valence-electron chi connectivity index (χ3n) is 3.31. The van der Waals surface area contributed by atoms with Crippen molar-refractivity contribution in [3.05, 3.63) is 71.1 Å². The fourth-order valence-electron chi connectivity index (χ4n) is 2.13. The number of rotatable bonds is 5. The number of allylic oxidation sites excluding steroid dienone is 1. The van der Waals surface area contributed by atoms with Crippen LogP contribution in [0.5, 0.6) is 0 Å². The average Bonchev–Trinajstić information content (AvgIpc) is 2.90. The van der Waals surface area contributed by atoms with Gasteiger partial charge in [-0.05, 0) is 42.8 Å². The molecular formula is C18H18N2O3. The molecule has 0 fully saturated rings. The fourth-order valence-corrected chi connectivity index (χ4v) is 2.13. The van der Waals surface area contributed by atoms with E-state index < -0.39 is 5.91 Å². The summed E-state index contributed by atoms with van der Waals surface area (Å²) in [6, 6.07) is 9.26. The number of carbonyl (C=O) groups excluding carboxylic acids is 2. The third-order valence-corrected chi connectivity index (χ3v) is 3.31. The van der Waals surface area contributed by atoms with Crippen LogP contribution in [-0.2, 0) is 11.8 Å². The summed E-state index contributed by atoms with van der Waals surface area (Å²) in [6.45, 7) is 1.94. The van der Waals surface area contributed by atoms with E-state index in [4.69, 9.17) is 5.21 Å². The molecule has 0 aliphatic heterocycles. The van der Waals surface area contributed by atoms with Crippen molar-refractivity contribution in [3.8, 4) is 0 Å². The van der Waals surface area contributed by atoms with E-state index in [-0.39, 0.29) is 5.78 Å². The minimum absolute atomic E-state index is 0.0608. The maximum absolute atomic E-state index is 12.1. The summed E-state index contributed by atoms with van der Waals surface area (Å²) in [4.78, 5) is 23.1. The number of ketones is 1. The number of hydroxylamine groups is 1. The van der Waals surface area contributed by atoms with E-state index in [0.717, 1.165) is 16.8 Å². The average molecular weight is 310 g/mol. The van der Waals surface area contributed by atoms with E-state index in [1.807, 2.05) is 49.0 Å². The van der Waals surface area contributed by atoms with Crippen LogP contribution < -0.4 is 5.48 Å². The zero-order valence-corrected chi connectivity index (χ0v) is 13.0. The highest BCUT2D eigenvalue weighted by Gasteiger charge is 2.03. The van der Waals surface area contributed by atoms with Crippen LogP contribution in [0.4, 0.5) is 0 Å². The van der Waals surface area contributed by atoms with Crippen LogP contribution in [0.1, 0.15) is 27.2 Å². The molecule has 0 atom stereocenters. The van der Waals surface area contributed by atoms with Crippen LogP contribution in [0.3, 0.4) is 0 Å². The Labute approximate surface area is 134 Å². The van der Waals surface area contributed by atoms with Crippen LogP contribution in [-0.4, -0.2) is 21.5 Å². The highest BCUT2D eigenvalue weighted by atomic mass is 16.5. The summed E-state index contributed by atoms with van der Waals surface area (Å²) in [6.07, 6.45) is 7.90. The van der Waals surface area contributed by atoms with Gasteiger partial charge in [0, 0.05) is 30.6 Å². The van der Waals surface area contributed by atoms with E-state index in [0.29, 0.717) is 5.56 Å². The monoisotopic (exact) mass is 310 g/mol.